The van der Waals surface area contributed by atoms with Gasteiger partial charge in [0.05, 0.1) is 17.1 Å². The largest absolute Gasteiger partial charge is 0.393 e. The van der Waals surface area contributed by atoms with E-state index in [2.05, 4.69) is 29.1 Å². The molecule has 164 valence electrons. The summed E-state index contributed by atoms with van der Waals surface area (Å²) in [4.78, 5) is 34.4. The van der Waals surface area contributed by atoms with E-state index < -0.39 is 0 Å². The molecule has 0 radical (unpaired) electrons. The van der Waals surface area contributed by atoms with Crippen molar-refractivity contribution in [2.24, 2.45) is 0 Å². The normalized spacial score (nSPS) is 14.6. The second-order valence-electron chi connectivity index (χ2n) is 7.58. The first-order valence-corrected chi connectivity index (χ1v) is 10.8. The summed E-state index contributed by atoms with van der Waals surface area (Å²) in [5.41, 5.74) is 8.61. The maximum atomic E-state index is 13.3. The van der Waals surface area contributed by atoms with E-state index in [1.54, 1.807) is 27.8 Å². The number of anilines is 2. The molecule has 0 bridgehead atoms. The third kappa shape index (κ3) is 4.13. The molecule has 2 aromatic heterocycles. The van der Waals surface area contributed by atoms with E-state index in [9.17, 15) is 9.59 Å². The molecule has 7 nitrogen and oxygen atoms in total. The third-order valence-corrected chi connectivity index (χ3v) is 5.93. The number of pyridine rings is 2. The minimum Gasteiger partial charge on any atom is -0.393 e. The van der Waals surface area contributed by atoms with Gasteiger partial charge in [-0.15, -0.1) is 12.6 Å². The first-order chi connectivity index (χ1) is 15.5. The maximum absolute atomic E-state index is 13.3. The Bertz CT molecular complexity index is 1240. The number of amides is 1. The zero-order valence-electron chi connectivity index (χ0n) is 17.6. The van der Waals surface area contributed by atoms with Crippen LogP contribution in [0.2, 0.25) is 0 Å². The Morgan fingerprint density at radius 3 is 2.53 bits per heavy atom. The standard InChI is InChI=1S/C24H25N5O2S/c1-2-7-19(32)23(30)28-14-12-27(13-15-28)21-18-10-6-11-26-22(18)29(24(31)20(21)25)16-17-8-4-3-5-9-17/h2-11,32H,1,12-16,25H2/b19-7-. The number of nitrogens with two attached hydrogens (primary N) is 1. The molecule has 0 aliphatic carbocycles. The Balaban J connectivity index is 1.68. The van der Waals surface area contributed by atoms with Gasteiger partial charge in [0.15, 0.2) is 0 Å². The minimum atomic E-state index is -0.264. The highest BCUT2D eigenvalue weighted by Crippen LogP contribution is 2.31. The van der Waals surface area contributed by atoms with E-state index in [0.717, 1.165) is 10.9 Å². The van der Waals surface area contributed by atoms with E-state index in [1.165, 1.54) is 0 Å². The number of aromatic nitrogens is 2. The lowest BCUT2D eigenvalue weighted by atomic mass is 10.1. The summed E-state index contributed by atoms with van der Waals surface area (Å²) in [6.45, 7) is 6.10. The number of nitrogen functional groups attached to an aromatic ring is 1. The summed E-state index contributed by atoms with van der Waals surface area (Å²) in [6, 6.07) is 13.5. The van der Waals surface area contributed by atoms with Crippen LogP contribution in [0.1, 0.15) is 5.56 Å². The number of benzene rings is 1. The molecule has 1 amide bonds. The number of hydrogen-bond donors (Lipinski definition) is 2. The zero-order chi connectivity index (χ0) is 22.7. The Hall–Kier alpha value is -3.52. The predicted octanol–water partition coefficient (Wildman–Crippen LogP) is 2.68. The van der Waals surface area contributed by atoms with Gasteiger partial charge in [-0.05, 0) is 23.8 Å². The molecular formula is C24H25N5O2S. The molecule has 1 aliphatic rings. The summed E-state index contributed by atoms with van der Waals surface area (Å²) in [6.07, 6.45) is 4.81. The van der Waals surface area contributed by atoms with Crippen LogP contribution in [0.15, 0.2) is 77.1 Å². The van der Waals surface area contributed by atoms with Crippen LogP contribution in [0.4, 0.5) is 11.4 Å². The summed E-state index contributed by atoms with van der Waals surface area (Å²) in [7, 11) is 0. The minimum absolute atomic E-state index is 0.134. The molecule has 4 rings (SSSR count). The molecule has 1 aromatic carbocycles. The van der Waals surface area contributed by atoms with Gasteiger partial charge >= 0.3 is 0 Å². The molecule has 0 spiro atoms. The second kappa shape index (κ2) is 9.32. The lowest BCUT2D eigenvalue weighted by Gasteiger charge is -2.37. The Morgan fingerprint density at radius 2 is 1.84 bits per heavy atom. The van der Waals surface area contributed by atoms with Crippen molar-refractivity contribution in [2.45, 2.75) is 6.54 Å². The Morgan fingerprint density at radius 1 is 1.12 bits per heavy atom. The lowest BCUT2D eigenvalue weighted by Crippen LogP contribution is -2.49. The Labute approximate surface area is 191 Å². The second-order valence-corrected chi connectivity index (χ2v) is 8.06. The van der Waals surface area contributed by atoms with Gasteiger partial charge in [-0.3, -0.25) is 14.2 Å². The van der Waals surface area contributed by atoms with Crippen molar-refractivity contribution in [1.29, 1.82) is 0 Å². The monoisotopic (exact) mass is 447 g/mol. The van der Waals surface area contributed by atoms with Crippen LogP contribution in [0, 0.1) is 0 Å². The van der Waals surface area contributed by atoms with Crippen molar-refractivity contribution in [3.8, 4) is 0 Å². The smallest absolute Gasteiger partial charge is 0.277 e. The third-order valence-electron chi connectivity index (χ3n) is 5.59. The molecule has 1 aliphatic heterocycles. The van der Waals surface area contributed by atoms with Crippen molar-refractivity contribution in [3.05, 3.63) is 88.2 Å². The number of hydrogen-bond acceptors (Lipinski definition) is 6. The highest BCUT2D eigenvalue weighted by Gasteiger charge is 2.26. The van der Waals surface area contributed by atoms with E-state index in [1.807, 2.05) is 42.5 Å². The molecule has 32 heavy (non-hydrogen) atoms. The van der Waals surface area contributed by atoms with Gasteiger partial charge in [0.2, 0.25) is 0 Å². The number of allylic oxidation sites excluding steroid dienone is 2. The van der Waals surface area contributed by atoms with E-state index in [-0.39, 0.29) is 17.2 Å². The van der Waals surface area contributed by atoms with Crippen LogP contribution < -0.4 is 16.2 Å². The summed E-state index contributed by atoms with van der Waals surface area (Å²) >= 11 is 4.25. The lowest BCUT2D eigenvalue weighted by molar-refractivity contribution is -0.126. The van der Waals surface area contributed by atoms with Crippen LogP contribution in [0.25, 0.3) is 11.0 Å². The van der Waals surface area contributed by atoms with Gasteiger partial charge in [0.1, 0.15) is 11.3 Å². The molecule has 0 atom stereocenters. The highest BCUT2D eigenvalue weighted by atomic mass is 32.1. The molecule has 1 fully saturated rings. The molecule has 0 unspecified atom stereocenters. The quantitative estimate of drug-likeness (QED) is 0.357. The average molecular weight is 448 g/mol. The van der Waals surface area contributed by atoms with Gasteiger partial charge in [0, 0.05) is 37.8 Å². The van der Waals surface area contributed by atoms with E-state index >= 15 is 0 Å². The summed E-state index contributed by atoms with van der Waals surface area (Å²) < 4.78 is 1.62. The fourth-order valence-corrected chi connectivity index (χ4v) is 4.26. The number of nitrogens with zero attached hydrogens (tertiary/aromatic N) is 4. The van der Waals surface area contributed by atoms with Gasteiger partial charge < -0.3 is 15.5 Å². The number of carbonyl (C=O) groups is 1. The van der Waals surface area contributed by atoms with E-state index in [0.29, 0.717) is 49.0 Å². The number of rotatable bonds is 5. The van der Waals surface area contributed by atoms with Gasteiger partial charge in [-0.25, -0.2) is 4.98 Å². The van der Waals surface area contributed by atoms with Crippen LogP contribution >= 0.6 is 12.6 Å². The fourth-order valence-electron chi connectivity index (χ4n) is 4.02. The molecular weight excluding hydrogens is 422 g/mol. The van der Waals surface area contributed by atoms with Gasteiger partial charge in [-0.2, -0.15) is 0 Å². The number of thiol groups is 1. The number of piperazine rings is 1. The molecule has 3 aromatic rings. The van der Waals surface area contributed by atoms with Crippen LogP contribution in [0.3, 0.4) is 0 Å². The highest BCUT2D eigenvalue weighted by molar-refractivity contribution is 7.85. The molecule has 0 saturated carbocycles. The van der Waals surface area contributed by atoms with Crippen molar-refractivity contribution < 1.29 is 4.79 Å². The van der Waals surface area contributed by atoms with Crippen LogP contribution in [-0.2, 0) is 11.3 Å². The molecule has 1 saturated heterocycles. The predicted molar refractivity (Wildman–Crippen MR) is 132 cm³/mol. The SMILES string of the molecule is C=C/C=C(\S)C(=O)N1CCN(c2c(N)c(=O)n(Cc3ccccc3)c3ncccc23)CC1. The van der Waals surface area contributed by atoms with Gasteiger partial charge in [-0.1, -0.05) is 43.0 Å². The van der Waals surface area contributed by atoms with E-state index in [4.69, 9.17) is 5.73 Å². The molecule has 3 heterocycles. The topological polar surface area (TPSA) is 84.5 Å². The van der Waals surface area contributed by atoms with Crippen molar-refractivity contribution in [3.63, 3.8) is 0 Å². The first-order valence-electron chi connectivity index (χ1n) is 10.4. The van der Waals surface area contributed by atoms with Crippen molar-refractivity contribution in [2.75, 3.05) is 36.8 Å². The summed E-state index contributed by atoms with van der Waals surface area (Å²) in [5, 5.41) is 0.821. The maximum Gasteiger partial charge on any atom is 0.277 e. The van der Waals surface area contributed by atoms with Crippen LogP contribution in [0.5, 0.6) is 0 Å². The zero-order valence-corrected chi connectivity index (χ0v) is 18.5. The van der Waals surface area contributed by atoms with Crippen LogP contribution in [-0.4, -0.2) is 46.5 Å². The average Bonchev–Trinajstić information content (AvgIpc) is 2.83. The number of carbonyl (C=O) groups excluding carboxylic acids is 1. The van der Waals surface area contributed by atoms with Crippen molar-refractivity contribution >= 4 is 40.9 Å². The molecule has 2 N–H and O–H groups in total. The summed E-state index contributed by atoms with van der Waals surface area (Å²) in [5.74, 6) is -0.134. The number of fused-ring (bicyclic) bond motifs is 1. The van der Waals surface area contributed by atoms with Gasteiger partial charge in [0.25, 0.3) is 11.5 Å². The fraction of sp³-hybridized carbons (Fsp3) is 0.208. The molecule has 8 heteroatoms. The van der Waals surface area contributed by atoms with Crippen molar-refractivity contribution in [1.82, 2.24) is 14.5 Å². The first kappa shape index (κ1) is 21.7. The Kier molecular flexibility index (Phi) is 6.32.